The van der Waals surface area contributed by atoms with Gasteiger partial charge in [-0.25, -0.2) is 4.39 Å². The first-order valence-electron chi connectivity index (χ1n) is 9.18. The Hall–Kier alpha value is -1.50. The van der Waals surface area contributed by atoms with Crippen molar-refractivity contribution in [3.05, 3.63) is 35.6 Å². The van der Waals surface area contributed by atoms with Crippen molar-refractivity contribution in [2.45, 2.75) is 31.8 Å². The van der Waals surface area contributed by atoms with Gasteiger partial charge >= 0.3 is 0 Å². The van der Waals surface area contributed by atoms with Crippen LogP contribution in [-0.2, 0) is 9.53 Å². The van der Waals surface area contributed by atoms with Gasteiger partial charge in [-0.05, 0) is 43.4 Å². The molecule has 2 aliphatic heterocycles. The van der Waals surface area contributed by atoms with E-state index in [0.717, 1.165) is 24.9 Å². The molecule has 2 heterocycles. The number of halogens is 1. The van der Waals surface area contributed by atoms with Crippen molar-refractivity contribution < 1.29 is 13.9 Å². The van der Waals surface area contributed by atoms with E-state index in [9.17, 15) is 9.18 Å². The molecule has 0 spiro atoms. The van der Waals surface area contributed by atoms with Crippen LogP contribution in [0.25, 0.3) is 0 Å². The van der Waals surface area contributed by atoms with Gasteiger partial charge in [0, 0.05) is 32.2 Å². The highest BCUT2D eigenvalue weighted by Gasteiger charge is 2.35. The molecule has 3 rings (SSSR count). The Morgan fingerprint density at radius 3 is 2.76 bits per heavy atom. The SMILES string of the molecule is C[C@H](N)[C@@H]1CCCN(C(=O)[C@H](c2cccc(F)c2)N2CCOCC2)C1. The molecule has 2 saturated heterocycles. The molecule has 2 N–H and O–H groups in total. The van der Waals surface area contributed by atoms with E-state index in [1.807, 2.05) is 17.9 Å². The molecular weight excluding hydrogens is 321 g/mol. The molecule has 0 aromatic heterocycles. The highest BCUT2D eigenvalue weighted by atomic mass is 19.1. The first-order chi connectivity index (χ1) is 12.1. The number of benzene rings is 1. The number of nitrogens with two attached hydrogens (primary N) is 1. The van der Waals surface area contributed by atoms with E-state index < -0.39 is 6.04 Å². The number of rotatable bonds is 4. The van der Waals surface area contributed by atoms with Crippen LogP contribution in [0.2, 0.25) is 0 Å². The van der Waals surface area contributed by atoms with Gasteiger partial charge in [-0.1, -0.05) is 12.1 Å². The summed E-state index contributed by atoms with van der Waals surface area (Å²) in [5, 5.41) is 0. The number of morpholine rings is 1. The summed E-state index contributed by atoms with van der Waals surface area (Å²) in [7, 11) is 0. The van der Waals surface area contributed by atoms with E-state index in [4.69, 9.17) is 10.5 Å². The summed E-state index contributed by atoms with van der Waals surface area (Å²) in [6.07, 6.45) is 2.03. The second-order valence-electron chi connectivity index (χ2n) is 7.15. The van der Waals surface area contributed by atoms with Crippen LogP contribution >= 0.6 is 0 Å². The lowest BCUT2D eigenvalue weighted by Gasteiger charge is -2.40. The van der Waals surface area contributed by atoms with Gasteiger partial charge in [0.15, 0.2) is 0 Å². The maximum Gasteiger partial charge on any atom is 0.244 e. The van der Waals surface area contributed by atoms with Crippen molar-refractivity contribution in [3.8, 4) is 0 Å². The van der Waals surface area contributed by atoms with Crippen LogP contribution in [-0.4, -0.2) is 61.1 Å². The Kier molecular flexibility index (Phi) is 6.04. The van der Waals surface area contributed by atoms with E-state index in [0.29, 0.717) is 38.8 Å². The molecule has 1 amide bonds. The molecule has 1 aromatic carbocycles. The second kappa shape index (κ2) is 8.25. The van der Waals surface area contributed by atoms with Crippen LogP contribution in [0.3, 0.4) is 0 Å². The molecule has 25 heavy (non-hydrogen) atoms. The highest BCUT2D eigenvalue weighted by Crippen LogP contribution is 2.28. The van der Waals surface area contributed by atoms with Gasteiger partial charge in [-0.2, -0.15) is 0 Å². The molecule has 5 nitrogen and oxygen atoms in total. The minimum Gasteiger partial charge on any atom is -0.379 e. The molecule has 0 saturated carbocycles. The van der Waals surface area contributed by atoms with Gasteiger partial charge in [0.25, 0.3) is 0 Å². The van der Waals surface area contributed by atoms with Crippen molar-refractivity contribution >= 4 is 5.91 Å². The molecule has 0 aliphatic carbocycles. The predicted molar refractivity (Wildman–Crippen MR) is 94.5 cm³/mol. The van der Waals surface area contributed by atoms with Gasteiger partial charge in [0.2, 0.25) is 5.91 Å². The Labute approximate surface area is 148 Å². The van der Waals surface area contributed by atoms with Crippen LogP contribution < -0.4 is 5.73 Å². The van der Waals surface area contributed by atoms with Crippen molar-refractivity contribution in [1.82, 2.24) is 9.80 Å². The average molecular weight is 349 g/mol. The summed E-state index contributed by atoms with van der Waals surface area (Å²) < 4.78 is 19.2. The number of hydrogen-bond donors (Lipinski definition) is 1. The fraction of sp³-hybridized carbons (Fsp3) is 0.632. The number of ether oxygens (including phenoxy) is 1. The standard InChI is InChI=1S/C19H28FN3O2/c1-14(21)16-5-3-7-23(13-16)19(24)18(22-8-10-25-11-9-22)15-4-2-6-17(20)12-15/h2,4,6,12,14,16,18H,3,5,7-11,13,21H2,1H3/t14-,16+,18-/m0/s1. The number of piperidine rings is 1. The van der Waals surface area contributed by atoms with Crippen molar-refractivity contribution in [3.63, 3.8) is 0 Å². The number of likely N-dealkylation sites (tertiary alicyclic amines) is 1. The average Bonchev–Trinajstić information content (AvgIpc) is 2.63. The van der Waals surface area contributed by atoms with E-state index in [-0.39, 0.29) is 17.8 Å². The smallest absolute Gasteiger partial charge is 0.244 e. The highest BCUT2D eigenvalue weighted by molar-refractivity contribution is 5.83. The molecule has 0 unspecified atom stereocenters. The monoisotopic (exact) mass is 349 g/mol. The number of nitrogens with zero attached hydrogens (tertiary/aromatic N) is 2. The number of hydrogen-bond acceptors (Lipinski definition) is 4. The fourth-order valence-electron chi connectivity index (χ4n) is 3.83. The van der Waals surface area contributed by atoms with Crippen molar-refractivity contribution in [1.29, 1.82) is 0 Å². The lowest BCUT2D eigenvalue weighted by Crippen LogP contribution is -2.51. The summed E-state index contributed by atoms with van der Waals surface area (Å²) in [6, 6.07) is 6.03. The molecule has 2 fully saturated rings. The molecule has 138 valence electrons. The summed E-state index contributed by atoms with van der Waals surface area (Å²) >= 11 is 0. The number of carbonyl (C=O) groups excluding carboxylic acids is 1. The van der Waals surface area contributed by atoms with Crippen molar-refractivity contribution in [2.75, 3.05) is 39.4 Å². The van der Waals surface area contributed by atoms with Gasteiger partial charge < -0.3 is 15.4 Å². The minimum absolute atomic E-state index is 0.0536. The third-order valence-corrected chi connectivity index (χ3v) is 5.32. The zero-order valence-corrected chi connectivity index (χ0v) is 14.9. The molecule has 1 aromatic rings. The summed E-state index contributed by atoms with van der Waals surface area (Å²) in [6.45, 7) is 5.99. The Bertz CT molecular complexity index is 590. The van der Waals surface area contributed by atoms with Crippen LogP contribution in [0.15, 0.2) is 24.3 Å². The summed E-state index contributed by atoms with van der Waals surface area (Å²) in [4.78, 5) is 17.4. The first kappa shape index (κ1) is 18.3. The van der Waals surface area contributed by atoms with E-state index in [2.05, 4.69) is 4.90 Å². The quantitative estimate of drug-likeness (QED) is 0.900. The number of carbonyl (C=O) groups is 1. The summed E-state index contributed by atoms with van der Waals surface area (Å²) in [5.41, 5.74) is 6.78. The molecule has 2 aliphatic rings. The number of amides is 1. The lowest BCUT2D eigenvalue weighted by molar-refractivity contribution is -0.141. The molecule has 0 radical (unpaired) electrons. The fourth-order valence-corrected chi connectivity index (χ4v) is 3.83. The topological polar surface area (TPSA) is 58.8 Å². The molecular formula is C19H28FN3O2. The van der Waals surface area contributed by atoms with Crippen LogP contribution in [0.1, 0.15) is 31.4 Å². The van der Waals surface area contributed by atoms with Crippen molar-refractivity contribution in [2.24, 2.45) is 11.7 Å². The summed E-state index contributed by atoms with van der Waals surface area (Å²) in [5.74, 6) is 0.0732. The predicted octanol–water partition coefficient (Wildman–Crippen LogP) is 1.78. The van der Waals surface area contributed by atoms with E-state index in [1.54, 1.807) is 6.07 Å². The molecule has 3 atom stereocenters. The van der Waals surface area contributed by atoms with Crippen LogP contribution in [0.5, 0.6) is 0 Å². The normalized spacial score (nSPS) is 24.8. The van der Waals surface area contributed by atoms with Crippen LogP contribution in [0.4, 0.5) is 4.39 Å². The van der Waals surface area contributed by atoms with Gasteiger partial charge in [-0.15, -0.1) is 0 Å². The zero-order valence-electron chi connectivity index (χ0n) is 14.9. The third kappa shape index (κ3) is 4.37. The van der Waals surface area contributed by atoms with Gasteiger partial charge in [0.05, 0.1) is 13.2 Å². The Balaban J connectivity index is 1.84. The van der Waals surface area contributed by atoms with Gasteiger partial charge in [-0.3, -0.25) is 9.69 Å². The lowest BCUT2D eigenvalue weighted by atomic mass is 9.91. The third-order valence-electron chi connectivity index (χ3n) is 5.32. The van der Waals surface area contributed by atoms with Crippen LogP contribution in [0, 0.1) is 11.7 Å². The maximum atomic E-state index is 13.8. The molecule has 6 heteroatoms. The zero-order chi connectivity index (χ0) is 17.8. The maximum absolute atomic E-state index is 13.8. The van der Waals surface area contributed by atoms with E-state index >= 15 is 0 Å². The Morgan fingerprint density at radius 1 is 1.32 bits per heavy atom. The Morgan fingerprint density at radius 2 is 2.08 bits per heavy atom. The first-order valence-corrected chi connectivity index (χ1v) is 9.18. The van der Waals surface area contributed by atoms with E-state index in [1.165, 1.54) is 12.1 Å². The molecule has 0 bridgehead atoms. The second-order valence-corrected chi connectivity index (χ2v) is 7.15. The largest absolute Gasteiger partial charge is 0.379 e. The minimum atomic E-state index is -0.452. The van der Waals surface area contributed by atoms with Gasteiger partial charge in [0.1, 0.15) is 11.9 Å².